The standard InChI is InChI=1S/C77H136O6/c1-4-7-10-13-16-19-22-25-28-31-33-35-36-37-38-39-40-42-43-46-49-52-55-58-61-64-67-70-76(79)82-73-74(72-81-75(78)69-66-63-60-57-54-51-48-45-30-27-24-21-18-15-12-9-6-3)83-77(80)71-68-65-62-59-56-53-50-47-44-41-34-32-29-26-23-20-17-14-11-8-5-2/h7,10,16,19,25,27-28,30,33,35,37-38,40,42,74H,4-6,8-9,11-15,17-18,20-24,26,29,31-32,34,36,39,41,43-73H2,1-3H3/b10-7-,19-16-,28-25-,30-27-,35-33-,38-37-,42-40-. The maximum Gasteiger partial charge on any atom is 0.306 e. The van der Waals surface area contributed by atoms with Crippen LogP contribution in [0.15, 0.2) is 85.1 Å². The lowest BCUT2D eigenvalue weighted by Crippen LogP contribution is -2.30. The van der Waals surface area contributed by atoms with Gasteiger partial charge in [-0.1, -0.05) is 337 Å². The molecule has 0 heterocycles. The van der Waals surface area contributed by atoms with E-state index in [0.717, 1.165) is 103 Å². The minimum atomic E-state index is -0.782. The first-order valence-electron chi connectivity index (χ1n) is 36.1. The molecular formula is C77H136O6. The van der Waals surface area contributed by atoms with Gasteiger partial charge < -0.3 is 14.2 Å². The minimum Gasteiger partial charge on any atom is -0.462 e. The van der Waals surface area contributed by atoms with Crippen molar-refractivity contribution < 1.29 is 28.6 Å². The number of hydrogen-bond acceptors (Lipinski definition) is 6. The van der Waals surface area contributed by atoms with E-state index in [9.17, 15) is 14.4 Å². The van der Waals surface area contributed by atoms with Gasteiger partial charge in [0.25, 0.3) is 0 Å². The van der Waals surface area contributed by atoms with E-state index >= 15 is 0 Å². The van der Waals surface area contributed by atoms with Gasteiger partial charge in [0.1, 0.15) is 13.2 Å². The highest BCUT2D eigenvalue weighted by molar-refractivity contribution is 5.71. The predicted molar refractivity (Wildman–Crippen MR) is 362 cm³/mol. The molecule has 0 saturated heterocycles. The SMILES string of the molecule is CC/C=C\C/C=C\C/C=C\C/C=C\C/C=C\C/C=C\CCCCCCCCCCC(=O)OCC(COC(=O)CCCCCCCCC/C=C\CCCCCCCC)OC(=O)CCCCCCCCCCCCCCCCCCCCCCC. The molecule has 0 aliphatic carbocycles. The molecule has 0 amide bonds. The largest absolute Gasteiger partial charge is 0.462 e. The van der Waals surface area contributed by atoms with Crippen molar-refractivity contribution >= 4 is 17.9 Å². The van der Waals surface area contributed by atoms with Crippen LogP contribution in [0.5, 0.6) is 0 Å². The average Bonchev–Trinajstić information content (AvgIpc) is 3.49. The second-order valence-electron chi connectivity index (χ2n) is 24.1. The van der Waals surface area contributed by atoms with E-state index in [0.29, 0.717) is 19.3 Å². The highest BCUT2D eigenvalue weighted by Gasteiger charge is 2.19. The Kier molecular flexibility index (Phi) is 68.2. The Labute approximate surface area is 515 Å². The molecule has 1 atom stereocenters. The summed E-state index contributed by atoms with van der Waals surface area (Å²) in [5, 5.41) is 0. The van der Waals surface area contributed by atoms with Crippen molar-refractivity contribution in [2.75, 3.05) is 13.2 Å². The molecule has 0 aliphatic rings. The second-order valence-corrected chi connectivity index (χ2v) is 24.1. The Morgan fingerprint density at radius 3 is 0.747 bits per heavy atom. The molecule has 0 aromatic carbocycles. The first-order valence-corrected chi connectivity index (χ1v) is 36.1. The summed E-state index contributed by atoms with van der Waals surface area (Å²) >= 11 is 0. The third-order valence-electron chi connectivity index (χ3n) is 15.9. The van der Waals surface area contributed by atoms with E-state index in [4.69, 9.17) is 14.2 Å². The fourth-order valence-corrected chi connectivity index (χ4v) is 10.5. The third-order valence-corrected chi connectivity index (χ3v) is 15.9. The number of hydrogen-bond donors (Lipinski definition) is 0. The van der Waals surface area contributed by atoms with Gasteiger partial charge in [-0.05, 0) is 96.3 Å². The summed E-state index contributed by atoms with van der Waals surface area (Å²) in [6.07, 6.45) is 94.6. The van der Waals surface area contributed by atoms with E-state index in [1.807, 2.05) is 0 Å². The van der Waals surface area contributed by atoms with Gasteiger partial charge in [0.05, 0.1) is 0 Å². The highest BCUT2D eigenvalue weighted by Crippen LogP contribution is 2.18. The summed E-state index contributed by atoms with van der Waals surface area (Å²) in [5.41, 5.74) is 0. The number of carbonyl (C=O) groups excluding carboxylic acids is 3. The van der Waals surface area contributed by atoms with Crippen molar-refractivity contribution in [3.8, 4) is 0 Å². The van der Waals surface area contributed by atoms with Crippen LogP contribution in [0.4, 0.5) is 0 Å². The number of allylic oxidation sites excluding steroid dienone is 14. The Bertz CT molecular complexity index is 1570. The third kappa shape index (κ3) is 69.3. The number of ether oxygens (including phenoxy) is 3. The van der Waals surface area contributed by atoms with Gasteiger partial charge in [0.2, 0.25) is 0 Å². The van der Waals surface area contributed by atoms with Gasteiger partial charge in [-0.2, -0.15) is 0 Å². The molecule has 0 radical (unpaired) electrons. The van der Waals surface area contributed by atoms with Crippen LogP contribution in [0.2, 0.25) is 0 Å². The lowest BCUT2D eigenvalue weighted by Gasteiger charge is -2.18. The number of esters is 3. The molecule has 0 bridgehead atoms. The number of rotatable bonds is 66. The number of carbonyl (C=O) groups is 3. The Morgan fingerprint density at radius 2 is 0.470 bits per heavy atom. The molecule has 0 rings (SSSR count). The smallest absolute Gasteiger partial charge is 0.306 e. The van der Waals surface area contributed by atoms with Crippen LogP contribution in [-0.2, 0) is 28.6 Å². The van der Waals surface area contributed by atoms with E-state index in [2.05, 4.69) is 106 Å². The van der Waals surface area contributed by atoms with E-state index in [1.54, 1.807) is 0 Å². The van der Waals surface area contributed by atoms with Crippen molar-refractivity contribution in [1.29, 1.82) is 0 Å². The highest BCUT2D eigenvalue weighted by atomic mass is 16.6. The summed E-state index contributed by atoms with van der Waals surface area (Å²) in [5.74, 6) is -0.867. The minimum absolute atomic E-state index is 0.0774. The quantitative estimate of drug-likeness (QED) is 0.0261. The van der Waals surface area contributed by atoms with Crippen LogP contribution in [0.1, 0.15) is 367 Å². The van der Waals surface area contributed by atoms with Crippen molar-refractivity contribution in [1.82, 2.24) is 0 Å². The maximum atomic E-state index is 13.0. The molecule has 0 aromatic heterocycles. The summed E-state index contributed by atoms with van der Waals surface area (Å²) in [6.45, 7) is 6.57. The second kappa shape index (κ2) is 71.1. The Morgan fingerprint density at radius 1 is 0.253 bits per heavy atom. The van der Waals surface area contributed by atoms with Crippen LogP contribution < -0.4 is 0 Å². The van der Waals surface area contributed by atoms with Crippen LogP contribution in [0.3, 0.4) is 0 Å². The molecule has 0 N–H and O–H groups in total. The monoisotopic (exact) mass is 1160 g/mol. The zero-order valence-electron chi connectivity index (χ0n) is 55.2. The predicted octanol–water partition coefficient (Wildman–Crippen LogP) is 25.0. The van der Waals surface area contributed by atoms with Crippen molar-refractivity contribution in [2.24, 2.45) is 0 Å². The first kappa shape index (κ1) is 79.6. The van der Waals surface area contributed by atoms with Crippen LogP contribution in [0, 0.1) is 0 Å². The van der Waals surface area contributed by atoms with Gasteiger partial charge in [0, 0.05) is 19.3 Å². The molecule has 83 heavy (non-hydrogen) atoms. The maximum absolute atomic E-state index is 13.0. The lowest BCUT2D eigenvalue weighted by atomic mass is 10.0. The van der Waals surface area contributed by atoms with Crippen LogP contribution in [-0.4, -0.2) is 37.2 Å². The van der Waals surface area contributed by atoms with Crippen molar-refractivity contribution in [2.45, 2.75) is 374 Å². The van der Waals surface area contributed by atoms with Crippen molar-refractivity contribution in [3.63, 3.8) is 0 Å². The zero-order valence-corrected chi connectivity index (χ0v) is 55.2. The zero-order chi connectivity index (χ0) is 59.9. The van der Waals surface area contributed by atoms with Crippen LogP contribution >= 0.6 is 0 Å². The average molecular weight is 1160 g/mol. The lowest BCUT2D eigenvalue weighted by molar-refractivity contribution is -0.167. The van der Waals surface area contributed by atoms with E-state index in [1.165, 1.54) is 225 Å². The van der Waals surface area contributed by atoms with Crippen molar-refractivity contribution in [3.05, 3.63) is 85.1 Å². The first-order chi connectivity index (χ1) is 41.0. The molecule has 0 aromatic rings. The molecular weight excluding hydrogens is 1020 g/mol. The molecule has 6 heteroatoms. The summed E-state index contributed by atoms with van der Waals surface area (Å²) < 4.78 is 17.0. The Balaban J connectivity index is 4.35. The molecule has 0 fully saturated rings. The fraction of sp³-hybridized carbons (Fsp3) is 0.779. The van der Waals surface area contributed by atoms with Gasteiger partial charge in [-0.15, -0.1) is 0 Å². The Hall–Kier alpha value is -3.41. The number of unbranched alkanes of at least 4 members (excludes halogenated alkanes) is 41. The molecule has 1 unspecified atom stereocenters. The fourth-order valence-electron chi connectivity index (χ4n) is 10.5. The molecule has 0 aliphatic heterocycles. The molecule has 480 valence electrons. The molecule has 0 spiro atoms. The van der Waals surface area contributed by atoms with Gasteiger partial charge in [0.15, 0.2) is 6.10 Å². The van der Waals surface area contributed by atoms with Gasteiger partial charge in [-0.25, -0.2) is 0 Å². The summed E-state index contributed by atoms with van der Waals surface area (Å²) in [7, 11) is 0. The normalized spacial score (nSPS) is 12.6. The summed E-state index contributed by atoms with van der Waals surface area (Å²) in [6, 6.07) is 0. The van der Waals surface area contributed by atoms with E-state index in [-0.39, 0.29) is 31.1 Å². The molecule has 0 saturated carbocycles. The summed E-state index contributed by atoms with van der Waals surface area (Å²) in [4.78, 5) is 38.5. The van der Waals surface area contributed by atoms with Crippen LogP contribution in [0.25, 0.3) is 0 Å². The van der Waals surface area contributed by atoms with Gasteiger partial charge in [-0.3, -0.25) is 14.4 Å². The topological polar surface area (TPSA) is 78.9 Å². The molecule has 6 nitrogen and oxygen atoms in total. The van der Waals surface area contributed by atoms with E-state index < -0.39 is 6.10 Å². The van der Waals surface area contributed by atoms with Gasteiger partial charge >= 0.3 is 17.9 Å².